The third-order valence-corrected chi connectivity index (χ3v) is 7.74. The average Bonchev–Trinajstić information content (AvgIpc) is 3.18. The van der Waals surface area contributed by atoms with Crippen molar-refractivity contribution >= 4 is 29.8 Å². The van der Waals surface area contributed by atoms with Gasteiger partial charge in [-0.05, 0) is 103 Å². The number of hydrogen-bond donors (Lipinski definition) is 0. The second-order valence-corrected chi connectivity index (χ2v) is 11.7. The molecular formula is C42H40O11. The molecule has 4 aromatic rings. The Bertz CT molecular complexity index is 1860. The van der Waals surface area contributed by atoms with Crippen molar-refractivity contribution in [3.8, 4) is 28.4 Å². The molecule has 0 amide bonds. The molecule has 0 aliphatic carbocycles. The Labute approximate surface area is 307 Å². The highest BCUT2D eigenvalue weighted by atomic mass is 16.6. The van der Waals surface area contributed by atoms with Crippen LogP contribution in [0.1, 0.15) is 57.3 Å². The quantitative estimate of drug-likeness (QED) is 0.0311. The van der Waals surface area contributed by atoms with Crippen LogP contribution in [0.5, 0.6) is 17.2 Å². The number of carbonyl (C=O) groups excluding carboxylic acids is 5. The molecule has 0 spiro atoms. The summed E-state index contributed by atoms with van der Waals surface area (Å²) in [6, 6.07) is 26.4. The summed E-state index contributed by atoms with van der Waals surface area (Å²) in [5, 5.41) is 0. The molecule has 0 radical (unpaired) electrons. The molecule has 0 saturated heterocycles. The van der Waals surface area contributed by atoms with E-state index in [1.807, 2.05) is 6.92 Å². The van der Waals surface area contributed by atoms with Crippen LogP contribution in [0.25, 0.3) is 11.1 Å². The molecule has 1 unspecified atom stereocenters. The Kier molecular flexibility index (Phi) is 15.1. The van der Waals surface area contributed by atoms with Crippen LogP contribution in [0.4, 0.5) is 0 Å². The number of hydrogen-bond acceptors (Lipinski definition) is 11. The second-order valence-electron chi connectivity index (χ2n) is 11.7. The van der Waals surface area contributed by atoms with E-state index in [4.69, 9.17) is 28.4 Å². The van der Waals surface area contributed by atoms with Gasteiger partial charge in [0.1, 0.15) is 17.2 Å². The van der Waals surface area contributed by atoms with E-state index in [1.165, 1.54) is 24.3 Å². The number of rotatable bonds is 19. The molecule has 0 bridgehead atoms. The number of esters is 5. The SMILES string of the molecule is C=CC(=O)OCCCOC(=O)c1ccc(-c2ccc(OC(=O)c3ccc(OC(=O)c4ccc(OCCC(C)CCOC(=O)C=C)cc4)cc3)cc2)cc1. The smallest absolute Gasteiger partial charge is 0.343 e. The summed E-state index contributed by atoms with van der Waals surface area (Å²) in [5.74, 6) is -1.10. The minimum atomic E-state index is -0.585. The first-order valence-electron chi connectivity index (χ1n) is 16.9. The van der Waals surface area contributed by atoms with Crippen molar-refractivity contribution in [3.63, 3.8) is 0 Å². The Morgan fingerprint density at radius 2 is 0.906 bits per heavy atom. The van der Waals surface area contributed by atoms with Crippen LogP contribution in [-0.4, -0.2) is 56.3 Å². The third-order valence-electron chi connectivity index (χ3n) is 7.74. The molecule has 0 N–H and O–H groups in total. The molecule has 4 rings (SSSR count). The Morgan fingerprint density at radius 1 is 0.509 bits per heavy atom. The summed E-state index contributed by atoms with van der Waals surface area (Å²) in [7, 11) is 0. The van der Waals surface area contributed by atoms with Crippen LogP contribution < -0.4 is 14.2 Å². The summed E-state index contributed by atoms with van der Waals surface area (Å²) in [4.78, 5) is 59.9. The lowest BCUT2D eigenvalue weighted by Gasteiger charge is -2.12. The Morgan fingerprint density at radius 3 is 1.43 bits per heavy atom. The molecule has 274 valence electrons. The molecule has 0 fully saturated rings. The molecular weight excluding hydrogens is 680 g/mol. The van der Waals surface area contributed by atoms with Crippen molar-refractivity contribution in [1.29, 1.82) is 0 Å². The van der Waals surface area contributed by atoms with Gasteiger partial charge in [0.25, 0.3) is 0 Å². The van der Waals surface area contributed by atoms with Gasteiger partial charge in [0.2, 0.25) is 0 Å². The van der Waals surface area contributed by atoms with Crippen LogP contribution in [0.3, 0.4) is 0 Å². The predicted octanol–water partition coefficient (Wildman–Crippen LogP) is 7.59. The first-order valence-corrected chi connectivity index (χ1v) is 16.9. The maximum absolute atomic E-state index is 12.8. The van der Waals surface area contributed by atoms with Crippen molar-refractivity contribution < 1.29 is 52.4 Å². The minimum Gasteiger partial charge on any atom is -0.494 e. The normalized spacial score (nSPS) is 11.0. The Balaban J connectivity index is 1.19. The van der Waals surface area contributed by atoms with E-state index in [-0.39, 0.29) is 24.5 Å². The summed E-state index contributed by atoms with van der Waals surface area (Å²) >= 11 is 0. The van der Waals surface area contributed by atoms with Crippen molar-refractivity contribution in [2.45, 2.75) is 26.2 Å². The summed E-state index contributed by atoms with van der Waals surface area (Å²) in [6.07, 6.45) is 4.07. The highest BCUT2D eigenvalue weighted by Gasteiger charge is 2.13. The molecule has 53 heavy (non-hydrogen) atoms. The summed E-state index contributed by atoms with van der Waals surface area (Å²) in [6.45, 7) is 9.77. The summed E-state index contributed by atoms with van der Waals surface area (Å²) < 4.78 is 31.8. The maximum atomic E-state index is 12.8. The molecule has 0 aliphatic heterocycles. The average molecular weight is 721 g/mol. The van der Waals surface area contributed by atoms with Crippen LogP contribution in [-0.2, 0) is 23.8 Å². The fourth-order valence-electron chi connectivity index (χ4n) is 4.67. The number of ether oxygens (including phenoxy) is 6. The lowest BCUT2D eigenvalue weighted by atomic mass is 10.0. The highest BCUT2D eigenvalue weighted by Crippen LogP contribution is 2.24. The van der Waals surface area contributed by atoms with E-state index in [0.29, 0.717) is 54.6 Å². The van der Waals surface area contributed by atoms with Gasteiger partial charge in [0.15, 0.2) is 0 Å². The standard InChI is InChI=1S/C42H40O11/c1-4-38(43)49-25-6-26-51-40(45)32-9-7-30(8-10-32)31-11-19-36(20-12-31)52-42(47)34-15-21-37(22-16-34)53-41(46)33-13-17-35(18-14-33)48-27-23-29(3)24-28-50-39(44)5-2/h4-5,7-22,29H,1-2,6,23-28H2,3H3. The van der Waals surface area contributed by atoms with E-state index < -0.39 is 29.8 Å². The van der Waals surface area contributed by atoms with Crippen LogP contribution in [0.2, 0.25) is 0 Å². The van der Waals surface area contributed by atoms with Crippen LogP contribution in [0.15, 0.2) is 122 Å². The van der Waals surface area contributed by atoms with Gasteiger partial charge in [0.05, 0.1) is 43.1 Å². The minimum absolute atomic E-state index is 0.109. The highest BCUT2D eigenvalue weighted by molar-refractivity contribution is 5.93. The number of carbonyl (C=O) groups is 5. The van der Waals surface area contributed by atoms with Crippen LogP contribution in [0, 0.1) is 5.92 Å². The molecule has 0 aliphatic rings. The summed E-state index contributed by atoms with van der Waals surface area (Å²) in [5.41, 5.74) is 2.66. The van der Waals surface area contributed by atoms with Gasteiger partial charge < -0.3 is 28.4 Å². The molecule has 0 aromatic heterocycles. The van der Waals surface area contributed by atoms with E-state index in [0.717, 1.165) is 29.7 Å². The van der Waals surface area contributed by atoms with Crippen molar-refractivity contribution in [1.82, 2.24) is 0 Å². The first kappa shape index (κ1) is 39.3. The maximum Gasteiger partial charge on any atom is 0.343 e. The van der Waals surface area contributed by atoms with Gasteiger partial charge in [-0.2, -0.15) is 0 Å². The zero-order valence-electron chi connectivity index (χ0n) is 29.3. The topological polar surface area (TPSA) is 141 Å². The monoisotopic (exact) mass is 720 g/mol. The molecule has 11 nitrogen and oxygen atoms in total. The Hall–Kier alpha value is -6.49. The molecule has 11 heteroatoms. The van der Waals surface area contributed by atoms with Gasteiger partial charge in [0, 0.05) is 18.6 Å². The lowest BCUT2D eigenvalue weighted by molar-refractivity contribution is -0.139. The second kappa shape index (κ2) is 20.4. The molecule has 0 heterocycles. The van der Waals surface area contributed by atoms with Gasteiger partial charge in [-0.15, -0.1) is 0 Å². The number of benzene rings is 4. The van der Waals surface area contributed by atoms with Gasteiger partial charge in [-0.1, -0.05) is 44.3 Å². The lowest BCUT2D eigenvalue weighted by Crippen LogP contribution is -2.10. The van der Waals surface area contributed by atoms with E-state index in [9.17, 15) is 24.0 Å². The molecule has 0 saturated carbocycles. The zero-order chi connectivity index (χ0) is 38.0. The van der Waals surface area contributed by atoms with Crippen molar-refractivity contribution in [2.75, 3.05) is 26.4 Å². The predicted molar refractivity (Wildman–Crippen MR) is 196 cm³/mol. The van der Waals surface area contributed by atoms with E-state index in [1.54, 1.807) is 72.8 Å². The molecule has 1 atom stereocenters. The zero-order valence-corrected chi connectivity index (χ0v) is 29.3. The van der Waals surface area contributed by atoms with Crippen molar-refractivity contribution in [2.24, 2.45) is 5.92 Å². The van der Waals surface area contributed by atoms with Crippen molar-refractivity contribution in [3.05, 3.63) is 139 Å². The third kappa shape index (κ3) is 13.0. The fraction of sp³-hybridized carbons (Fsp3) is 0.214. The van der Waals surface area contributed by atoms with E-state index in [2.05, 4.69) is 13.2 Å². The molecule has 4 aromatic carbocycles. The largest absolute Gasteiger partial charge is 0.494 e. The van der Waals surface area contributed by atoms with Crippen LogP contribution >= 0.6 is 0 Å². The van der Waals surface area contributed by atoms with Gasteiger partial charge in [-0.25, -0.2) is 24.0 Å². The fourth-order valence-corrected chi connectivity index (χ4v) is 4.67. The first-order chi connectivity index (χ1) is 25.6. The van der Waals surface area contributed by atoms with E-state index >= 15 is 0 Å². The van der Waals surface area contributed by atoms with Gasteiger partial charge >= 0.3 is 29.8 Å². The van der Waals surface area contributed by atoms with Gasteiger partial charge in [-0.3, -0.25) is 0 Å².